The fraction of sp³-hybridized carbons (Fsp3) is 0.316. The van der Waals surface area contributed by atoms with Gasteiger partial charge in [0.2, 0.25) is 0 Å². The molecule has 0 radical (unpaired) electrons. The minimum Gasteiger partial charge on any atom is -0.481 e. The Balaban J connectivity index is 1.99. The standard InChI is InChI=1S/C19H24N2O2/c1-13-6-11-18(14(2)12-13)23-15(3)19(22)20-16-7-9-17(10-8-16)21(4)5/h6-12,15H,1-5H3,(H,20,22). The van der Waals surface area contributed by atoms with Crippen LogP contribution in [-0.2, 0) is 4.79 Å². The molecule has 0 bridgehead atoms. The van der Waals surface area contributed by atoms with Gasteiger partial charge in [-0.1, -0.05) is 17.7 Å². The summed E-state index contributed by atoms with van der Waals surface area (Å²) in [6.45, 7) is 5.76. The van der Waals surface area contributed by atoms with E-state index in [1.165, 1.54) is 5.56 Å². The van der Waals surface area contributed by atoms with Crippen molar-refractivity contribution >= 4 is 17.3 Å². The van der Waals surface area contributed by atoms with Crippen LogP contribution < -0.4 is 15.0 Å². The number of aryl methyl sites for hydroxylation is 2. The lowest BCUT2D eigenvalue weighted by atomic mass is 10.1. The zero-order valence-electron chi connectivity index (χ0n) is 14.4. The van der Waals surface area contributed by atoms with Crippen molar-refractivity contribution in [2.24, 2.45) is 0 Å². The first-order valence-corrected chi connectivity index (χ1v) is 7.69. The van der Waals surface area contributed by atoms with Crippen LogP contribution in [0.25, 0.3) is 0 Å². The topological polar surface area (TPSA) is 41.6 Å². The largest absolute Gasteiger partial charge is 0.481 e. The summed E-state index contributed by atoms with van der Waals surface area (Å²) in [7, 11) is 3.96. The molecule has 4 heteroatoms. The highest BCUT2D eigenvalue weighted by Gasteiger charge is 2.16. The second-order valence-electron chi connectivity index (χ2n) is 5.96. The minimum absolute atomic E-state index is 0.164. The average molecular weight is 312 g/mol. The molecule has 1 unspecified atom stereocenters. The van der Waals surface area contributed by atoms with Gasteiger partial charge in [-0.15, -0.1) is 0 Å². The van der Waals surface area contributed by atoms with E-state index in [1.54, 1.807) is 6.92 Å². The third kappa shape index (κ3) is 4.49. The zero-order valence-corrected chi connectivity index (χ0v) is 14.4. The molecule has 2 aromatic carbocycles. The third-order valence-corrected chi connectivity index (χ3v) is 3.65. The summed E-state index contributed by atoms with van der Waals surface area (Å²) < 4.78 is 5.78. The Morgan fingerprint density at radius 2 is 1.74 bits per heavy atom. The SMILES string of the molecule is Cc1ccc(OC(C)C(=O)Nc2ccc(N(C)C)cc2)c(C)c1. The smallest absolute Gasteiger partial charge is 0.265 e. The summed E-state index contributed by atoms with van der Waals surface area (Å²) in [4.78, 5) is 14.3. The molecule has 0 aliphatic heterocycles. The molecule has 4 nitrogen and oxygen atoms in total. The molecule has 2 rings (SSSR count). The van der Waals surface area contributed by atoms with Crippen LogP contribution in [0.4, 0.5) is 11.4 Å². The summed E-state index contributed by atoms with van der Waals surface area (Å²) in [6, 6.07) is 13.6. The maximum Gasteiger partial charge on any atom is 0.265 e. The summed E-state index contributed by atoms with van der Waals surface area (Å²) in [5.74, 6) is 0.573. The Morgan fingerprint density at radius 3 is 2.30 bits per heavy atom. The molecule has 0 saturated heterocycles. The predicted molar refractivity (Wildman–Crippen MR) is 95.4 cm³/mol. The lowest BCUT2D eigenvalue weighted by Gasteiger charge is -2.17. The van der Waals surface area contributed by atoms with E-state index in [0.717, 1.165) is 22.7 Å². The molecular formula is C19H24N2O2. The van der Waals surface area contributed by atoms with Crippen LogP contribution in [0.5, 0.6) is 5.75 Å². The van der Waals surface area contributed by atoms with E-state index in [4.69, 9.17) is 4.74 Å². The van der Waals surface area contributed by atoms with Gasteiger partial charge in [0.1, 0.15) is 5.75 Å². The van der Waals surface area contributed by atoms with Crippen molar-refractivity contribution in [2.45, 2.75) is 26.9 Å². The van der Waals surface area contributed by atoms with Gasteiger partial charge < -0.3 is 15.0 Å². The van der Waals surface area contributed by atoms with Gasteiger partial charge in [-0.25, -0.2) is 0 Å². The van der Waals surface area contributed by atoms with Gasteiger partial charge in [-0.2, -0.15) is 0 Å². The quantitative estimate of drug-likeness (QED) is 0.913. The third-order valence-electron chi connectivity index (χ3n) is 3.65. The van der Waals surface area contributed by atoms with E-state index >= 15 is 0 Å². The van der Waals surface area contributed by atoms with Crippen molar-refractivity contribution in [3.8, 4) is 5.75 Å². The molecule has 0 fully saturated rings. The first kappa shape index (κ1) is 16.9. The highest BCUT2D eigenvalue weighted by Crippen LogP contribution is 2.21. The van der Waals surface area contributed by atoms with Crippen molar-refractivity contribution in [3.05, 3.63) is 53.6 Å². The van der Waals surface area contributed by atoms with Crippen LogP contribution in [-0.4, -0.2) is 26.1 Å². The van der Waals surface area contributed by atoms with Gasteiger partial charge in [-0.3, -0.25) is 4.79 Å². The van der Waals surface area contributed by atoms with Crippen LogP contribution in [0.2, 0.25) is 0 Å². The van der Waals surface area contributed by atoms with Crippen molar-refractivity contribution in [3.63, 3.8) is 0 Å². The molecule has 1 N–H and O–H groups in total. The number of anilines is 2. The lowest BCUT2D eigenvalue weighted by molar-refractivity contribution is -0.122. The van der Waals surface area contributed by atoms with Crippen LogP contribution in [0.1, 0.15) is 18.1 Å². The summed E-state index contributed by atoms with van der Waals surface area (Å²) in [6.07, 6.45) is -0.565. The summed E-state index contributed by atoms with van der Waals surface area (Å²) >= 11 is 0. The molecule has 0 aromatic heterocycles. The van der Waals surface area contributed by atoms with Gasteiger partial charge >= 0.3 is 0 Å². The fourth-order valence-electron chi connectivity index (χ4n) is 2.26. The second-order valence-corrected chi connectivity index (χ2v) is 5.96. The Kier molecular flexibility index (Phi) is 5.27. The Hall–Kier alpha value is -2.49. The first-order chi connectivity index (χ1) is 10.9. The number of nitrogens with one attached hydrogen (secondary N) is 1. The van der Waals surface area contributed by atoms with Crippen LogP contribution in [0.3, 0.4) is 0 Å². The molecule has 0 aliphatic carbocycles. The molecule has 0 spiro atoms. The van der Waals surface area contributed by atoms with E-state index in [2.05, 4.69) is 5.32 Å². The number of carbonyl (C=O) groups is 1. The molecule has 0 heterocycles. The fourth-order valence-corrected chi connectivity index (χ4v) is 2.26. The number of amides is 1. The molecule has 1 atom stereocenters. The van der Waals surface area contributed by atoms with E-state index in [9.17, 15) is 4.79 Å². The molecule has 1 amide bonds. The molecule has 23 heavy (non-hydrogen) atoms. The van der Waals surface area contributed by atoms with Crippen LogP contribution >= 0.6 is 0 Å². The number of ether oxygens (including phenoxy) is 1. The van der Waals surface area contributed by atoms with Gasteiger partial charge in [-0.05, 0) is 56.7 Å². The monoisotopic (exact) mass is 312 g/mol. The number of hydrogen-bond donors (Lipinski definition) is 1. The molecule has 2 aromatic rings. The van der Waals surface area contributed by atoms with Gasteiger partial charge in [0, 0.05) is 25.5 Å². The highest BCUT2D eigenvalue weighted by atomic mass is 16.5. The van der Waals surface area contributed by atoms with Crippen molar-refractivity contribution in [1.29, 1.82) is 0 Å². The molecule has 0 saturated carbocycles. The summed E-state index contributed by atoms with van der Waals surface area (Å²) in [5.41, 5.74) is 4.05. The Labute approximate surface area is 138 Å². The number of rotatable bonds is 5. The zero-order chi connectivity index (χ0) is 17.0. The number of benzene rings is 2. The van der Waals surface area contributed by atoms with E-state index in [0.29, 0.717) is 0 Å². The van der Waals surface area contributed by atoms with Crippen molar-refractivity contribution in [1.82, 2.24) is 0 Å². The van der Waals surface area contributed by atoms with Crippen molar-refractivity contribution < 1.29 is 9.53 Å². The average Bonchev–Trinajstić information content (AvgIpc) is 2.50. The number of nitrogens with zero attached hydrogens (tertiary/aromatic N) is 1. The van der Waals surface area contributed by atoms with Gasteiger partial charge in [0.15, 0.2) is 6.10 Å². The van der Waals surface area contributed by atoms with Crippen LogP contribution in [0, 0.1) is 13.8 Å². The minimum atomic E-state index is -0.565. The normalized spacial score (nSPS) is 11.7. The van der Waals surface area contributed by atoms with E-state index in [-0.39, 0.29) is 5.91 Å². The van der Waals surface area contributed by atoms with E-state index in [1.807, 2.05) is 75.3 Å². The molecular weight excluding hydrogens is 288 g/mol. The highest BCUT2D eigenvalue weighted by molar-refractivity contribution is 5.94. The number of carbonyl (C=O) groups excluding carboxylic acids is 1. The lowest BCUT2D eigenvalue weighted by Crippen LogP contribution is -2.30. The first-order valence-electron chi connectivity index (χ1n) is 7.69. The van der Waals surface area contributed by atoms with Crippen LogP contribution in [0.15, 0.2) is 42.5 Å². The summed E-state index contributed by atoms with van der Waals surface area (Å²) in [5, 5.41) is 2.88. The Morgan fingerprint density at radius 1 is 1.09 bits per heavy atom. The maximum absolute atomic E-state index is 12.3. The van der Waals surface area contributed by atoms with Crippen molar-refractivity contribution in [2.75, 3.05) is 24.3 Å². The second kappa shape index (κ2) is 7.18. The van der Waals surface area contributed by atoms with Gasteiger partial charge in [0.05, 0.1) is 0 Å². The maximum atomic E-state index is 12.3. The number of hydrogen-bond acceptors (Lipinski definition) is 3. The Bertz CT molecular complexity index is 678. The molecule has 122 valence electrons. The van der Waals surface area contributed by atoms with E-state index < -0.39 is 6.10 Å². The van der Waals surface area contributed by atoms with Gasteiger partial charge in [0.25, 0.3) is 5.91 Å². The molecule has 0 aliphatic rings. The predicted octanol–water partition coefficient (Wildman–Crippen LogP) is 3.78.